The number of hydrogen-bond donors (Lipinski definition) is 1. The third-order valence-corrected chi connectivity index (χ3v) is 0. The molecule has 0 aliphatic rings. The Bertz CT molecular complexity index is 11.5. The van der Waals surface area contributed by atoms with Gasteiger partial charge in [0.05, 0.1) is 0 Å². The van der Waals surface area contributed by atoms with Gasteiger partial charge in [-0.25, -0.2) is 0 Å². The van der Waals surface area contributed by atoms with Gasteiger partial charge in [-0.1, -0.05) is 6.92 Å². The number of hydrogen-bond acceptors (Lipinski definition) is 1. The van der Waals surface area contributed by atoms with E-state index in [2.05, 4.69) is 12.6 Å². The van der Waals surface area contributed by atoms with Crippen molar-refractivity contribution in [1.82, 2.24) is 0 Å². The maximum absolute atomic E-state index is 3.79. The van der Waals surface area contributed by atoms with Crippen molar-refractivity contribution in [3.8, 4) is 0 Å². The fourth-order valence-corrected chi connectivity index (χ4v) is 0. The van der Waals surface area contributed by atoms with Gasteiger partial charge in [-0.05, 0) is 5.75 Å². The molecule has 0 fully saturated rings. The molecule has 4 heavy (non-hydrogen) atoms. The van der Waals surface area contributed by atoms with Crippen LogP contribution in [-0.2, 0) is 0 Å². The molecule has 0 aromatic carbocycles. The Hall–Kier alpha value is 1.61. The van der Waals surface area contributed by atoms with E-state index in [-0.39, 0.29) is 40.6 Å². The van der Waals surface area contributed by atoms with Crippen LogP contribution < -0.4 is 0 Å². The second-order valence-electron chi connectivity index (χ2n) is 0.316. The molecule has 24 valence electrons. The quantitative estimate of drug-likeness (QED) is 0.341. The Morgan fingerprint density at radius 3 is 2.00 bits per heavy atom. The van der Waals surface area contributed by atoms with E-state index in [4.69, 9.17) is 0 Å². The van der Waals surface area contributed by atoms with Crippen LogP contribution in [0.2, 0.25) is 0 Å². The number of thiol groups is 1. The van der Waals surface area contributed by atoms with Crippen molar-refractivity contribution in [1.29, 1.82) is 0 Å². The first-order valence-electron chi connectivity index (χ1n) is 1.02. The first-order chi connectivity index (χ1) is 1.41. The first-order valence-corrected chi connectivity index (χ1v) is 1.66. The molecule has 0 rings (SSSR count). The zero-order valence-electron chi connectivity index (χ0n) is 4.86. The molecule has 0 saturated carbocycles. The summed E-state index contributed by atoms with van der Waals surface area (Å²) >= 11 is 3.79. The van der Waals surface area contributed by atoms with Gasteiger partial charge >= 0.3 is 37.7 Å². The minimum absolute atomic E-state index is 0. The standard InChI is InChI=1S/C2H6S.Ca.2H/c1-2-3;;;/h3H,2H2,1H3;;;/q;+2;2*-1. The van der Waals surface area contributed by atoms with E-state index in [1.165, 1.54) is 0 Å². The Labute approximate surface area is 65.3 Å². The topological polar surface area (TPSA) is 0 Å². The fraction of sp³-hybridized carbons (Fsp3) is 1.00. The molecule has 0 atom stereocenters. The summed E-state index contributed by atoms with van der Waals surface area (Å²) in [6.07, 6.45) is 0. The van der Waals surface area contributed by atoms with Gasteiger partial charge in [0, 0.05) is 0 Å². The fourth-order valence-electron chi connectivity index (χ4n) is 0. The molecule has 0 unspecified atom stereocenters. The van der Waals surface area contributed by atoms with Crippen LogP contribution in [0.3, 0.4) is 0 Å². The second-order valence-corrected chi connectivity index (χ2v) is 0.949. The van der Waals surface area contributed by atoms with Crippen molar-refractivity contribution in [3.63, 3.8) is 0 Å². The predicted molar refractivity (Wildman–Crippen MR) is 27.5 cm³/mol. The summed E-state index contributed by atoms with van der Waals surface area (Å²) in [7, 11) is 0. The van der Waals surface area contributed by atoms with Crippen LogP contribution >= 0.6 is 12.6 Å². The summed E-state index contributed by atoms with van der Waals surface area (Å²) in [5.41, 5.74) is 0. The van der Waals surface area contributed by atoms with Gasteiger partial charge in [0.25, 0.3) is 0 Å². The largest absolute Gasteiger partial charge is 2.00 e. The zero-order chi connectivity index (χ0) is 2.71. The van der Waals surface area contributed by atoms with Crippen LogP contribution in [-0.4, -0.2) is 43.5 Å². The molecular weight excluding hydrogens is 96.2 g/mol. The molecule has 0 aromatic rings. The summed E-state index contributed by atoms with van der Waals surface area (Å²) in [6.45, 7) is 1.99. The first kappa shape index (κ1) is 9.15. The van der Waals surface area contributed by atoms with Crippen molar-refractivity contribution in [3.05, 3.63) is 0 Å². The molecule has 0 saturated heterocycles. The van der Waals surface area contributed by atoms with E-state index in [0.29, 0.717) is 0 Å². The van der Waals surface area contributed by atoms with E-state index in [9.17, 15) is 0 Å². The summed E-state index contributed by atoms with van der Waals surface area (Å²) in [5, 5.41) is 0. The van der Waals surface area contributed by atoms with Crippen molar-refractivity contribution in [2.75, 3.05) is 5.75 Å². The third-order valence-electron chi connectivity index (χ3n) is 0. The van der Waals surface area contributed by atoms with Gasteiger partial charge < -0.3 is 2.85 Å². The Morgan fingerprint density at radius 1 is 2.00 bits per heavy atom. The van der Waals surface area contributed by atoms with E-state index >= 15 is 0 Å². The molecule has 0 spiro atoms. The Balaban J connectivity index is -0.00000000667. The predicted octanol–water partition coefficient (Wildman–Crippen LogP) is 0.780. The van der Waals surface area contributed by atoms with Crippen molar-refractivity contribution in [2.24, 2.45) is 0 Å². The molecule has 0 amide bonds. The second kappa shape index (κ2) is 8.82. The molecule has 2 heteroatoms. The molecular formula is C2H8CaS. The Morgan fingerprint density at radius 2 is 2.00 bits per heavy atom. The monoisotopic (exact) mass is 104 g/mol. The molecule has 0 nitrogen and oxygen atoms in total. The van der Waals surface area contributed by atoms with Gasteiger partial charge in [-0.3, -0.25) is 0 Å². The molecule has 0 N–H and O–H groups in total. The summed E-state index contributed by atoms with van der Waals surface area (Å²) < 4.78 is 0. The van der Waals surface area contributed by atoms with Gasteiger partial charge in [0.15, 0.2) is 0 Å². The van der Waals surface area contributed by atoms with E-state index < -0.39 is 0 Å². The van der Waals surface area contributed by atoms with E-state index in [1.54, 1.807) is 0 Å². The molecule has 0 radical (unpaired) electrons. The minimum atomic E-state index is 0. The van der Waals surface area contributed by atoms with Crippen molar-refractivity contribution < 1.29 is 2.85 Å². The smallest absolute Gasteiger partial charge is 1.00 e. The van der Waals surface area contributed by atoms with Crippen LogP contribution in [0.1, 0.15) is 9.78 Å². The maximum atomic E-state index is 3.79. The van der Waals surface area contributed by atoms with Gasteiger partial charge in [0.2, 0.25) is 0 Å². The summed E-state index contributed by atoms with van der Waals surface area (Å²) in [6, 6.07) is 0. The van der Waals surface area contributed by atoms with Crippen LogP contribution in [0, 0.1) is 0 Å². The normalized spacial score (nSPS) is 4.50. The molecule has 0 heterocycles. The van der Waals surface area contributed by atoms with E-state index in [1.807, 2.05) is 6.92 Å². The summed E-state index contributed by atoms with van der Waals surface area (Å²) in [5.74, 6) is 0.944. The maximum Gasteiger partial charge on any atom is 2.00 e. The van der Waals surface area contributed by atoms with Gasteiger partial charge in [0.1, 0.15) is 0 Å². The minimum Gasteiger partial charge on any atom is -1.00 e. The number of rotatable bonds is 0. The zero-order valence-corrected chi connectivity index (χ0v) is 5.96. The molecule has 0 aliphatic carbocycles. The van der Waals surface area contributed by atoms with Crippen LogP contribution in [0.25, 0.3) is 0 Å². The van der Waals surface area contributed by atoms with Crippen LogP contribution in [0.15, 0.2) is 0 Å². The van der Waals surface area contributed by atoms with Crippen molar-refractivity contribution in [2.45, 2.75) is 6.92 Å². The Kier molecular flexibility index (Phi) is 20.2. The SMILES string of the molecule is CCS.[Ca+2].[H-].[H-]. The van der Waals surface area contributed by atoms with Crippen LogP contribution in [0.4, 0.5) is 0 Å². The summed E-state index contributed by atoms with van der Waals surface area (Å²) in [4.78, 5) is 0. The average molecular weight is 104 g/mol. The average Bonchev–Trinajstić information content (AvgIpc) is 0.918. The van der Waals surface area contributed by atoms with Gasteiger partial charge in [-0.2, -0.15) is 12.6 Å². The molecule has 0 bridgehead atoms. The van der Waals surface area contributed by atoms with E-state index in [0.717, 1.165) is 5.75 Å². The van der Waals surface area contributed by atoms with Crippen LogP contribution in [0.5, 0.6) is 0 Å². The molecule has 0 aromatic heterocycles. The third kappa shape index (κ3) is 9.49. The van der Waals surface area contributed by atoms with Crippen molar-refractivity contribution >= 4 is 50.4 Å². The molecule has 0 aliphatic heterocycles. The van der Waals surface area contributed by atoms with Gasteiger partial charge in [-0.15, -0.1) is 0 Å².